The maximum absolute atomic E-state index is 2.43. The first-order valence-electron chi connectivity index (χ1n) is 11.8. The van der Waals surface area contributed by atoms with Crippen molar-refractivity contribution in [3.05, 3.63) is 138 Å². The van der Waals surface area contributed by atoms with Gasteiger partial charge in [0.25, 0.3) is 0 Å². The van der Waals surface area contributed by atoms with Crippen molar-refractivity contribution in [1.82, 2.24) is 0 Å². The standard InChI is InChI=1S/C33H26/c1-3-9-24(10-4-1)17-18-30-23-31(28-20-19-25-13-7-14-27(25)21-28)22-29-15-8-16-32(33(29)30)26-11-5-2-6-12-26/h1-13,15-16,19-23H,14,17-18H2. The van der Waals surface area contributed by atoms with E-state index in [-0.39, 0.29) is 0 Å². The molecule has 0 atom stereocenters. The lowest BCUT2D eigenvalue weighted by Gasteiger charge is -2.16. The van der Waals surface area contributed by atoms with Gasteiger partial charge >= 0.3 is 0 Å². The van der Waals surface area contributed by atoms with Crippen LogP contribution in [0.1, 0.15) is 22.3 Å². The summed E-state index contributed by atoms with van der Waals surface area (Å²) in [4.78, 5) is 0. The van der Waals surface area contributed by atoms with Gasteiger partial charge in [-0.05, 0) is 80.6 Å². The third-order valence-corrected chi connectivity index (χ3v) is 6.78. The van der Waals surface area contributed by atoms with E-state index in [4.69, 9.17) is 0 Å². The Morgan fingerprint density at radius 3 is 2.24 bits per heavy atom. The number of hydrogen-bond acceptors (Lipinski definition) is 0. The smallest absolute Gasteiger partial charge is 0.00728 e. The molecule has 0 aliphatic heterocycles. The van der Waals surface area contributed by atoms with Crippen molar-refractivity contribution in [2.24, 2.45) is 0 Å². The fourth-order valence-electron chi connectivity index (χ4n) is 5.10. The zero-order chi connectivity index (χ0) is 22.0. The lowest BCUT2D eigenvalue weighted by atomic mass is 9.88. The Morgan fingerprint density at radius 1 is 0.576 bits per heavy atom. The summed E-state index contributed by atoms with van der Waals surface area (Å²) in [6.07, 6.45) is 7.58. The zero-order valence-electron chi connectivity index (χ0n) is 18.7. The first-order chi connectivity index (χ1) is 16.3. The van der Waals surface area contributed by atoms with Gasteiger partial charge in [-0.2, -0.15) is 0 Å². The van der Waals surface area contributed by atoms with Crippen LogP contribution in [0.5, 0.6) is 0 Å². The quantitative estimate of drug-likeness (QED) is 0.266. The maximum Gasteiger partial charge on any atom is -0.00728 e. The predicted molar refractivity (Wildman–Crippen MR) is 141 cm³/mol. The summed E-state index contributed by atoms with van der Waals surface area (Å²) in [6, 6.07) is 40.1. The van der Waals surface area contributed by atoms with Gasteiger partial charge in [0.1, 0.15) is 0 Å². The molecule has 1 aliphatic rings. The van der Waals surface area contributed by atoms with Gasteiger partial charge in [-0.15, -0.1) is 0 Å². The van der Waals surface area contributed by atoms with Crippen LogP contribution in [0.3, 0.4) is 0 Å². The van der Waals surface area contributed by atoms with Crippen molar-refractivity contribution in [3.8, 4) is 22.3 Å². The molecule has 0 fully saturated rings. The average Bonchev–Trinajstić information content (AvgIpc) is 3.36. The van der Waals surface area contributed by atoms with Gasteiger partial charge in [0.05, 0.1) is 0 Å². The second-order valence-corrected chi connectivity index (χ2v) is 8.91. The molecule has 0 heterocycles. The summed E-state index contributed by atoms with van der Waals surface area (Å²) in [5.41, 5.74) is 10.8. The number of fused-ring (bicyclic) bond motifs is 2. The minimum atomic E-state index is 1.02. The van der Waals surface area contributed by atoms with Gasteiger partial charge < -0.3 is 0 Å². The molecule has 0 radical (unpaired) electrons. The average molecular weight is 423 g/mol. The number of allylic oxidation sites excluding steroid dienone is 1. The number of hydrogen-bond donors (Lipinski definition) is 0. The first-order valence-corrected chi connectivity index (χ1v) is 11.8. The third-order valence-electron chi connectivity index (χ3n) is 6.78. The molecular weight excluding hydrogens is 396 g/mol. The summed E-state index contributed by atoms with van der Waals surface area (Å²) >= 11 is 0. The SMILES string of the molecule is C1=Cc2ccc(-c3cc(CCc4ccccc4)c4c(-c5ccccc5)cccc4c3)cc2C1. The topological polar surface area (TPSA) is 0 Å². The predicted octanol–water partition coefficient (Wildman–Crippen LogP) is 8.53. The highest BCUT2D eigenvalue weighted by Gasteiger charge is 2.13. The zero-order valence-corrected chi connectivity index (χ0v) is 18.7. The Labute approximate surface area is 195 Å². The highest BCUT2D eigenvalue weighted by molar-refractivity contribution is 6.01. The Kier molecular flexibility index (Phi) is 5.13. The summed E-state index contributed by atoms with van der Waals surface area (Å²) in [5, 5.41) is 2.70. The Balaban J connectivity index is 1.51. The number of aryl methyl sites for hydroxylation is 2. The number of rotatable bonds is 5. The van der Waals surface area contributed by atoms with Crippen molar-refractivity contribution < 1.29 is 0 Å². The number of benzene rings is 5. The van der Waals surface area contributed by atoms with E-state index in [2.05, 4.69) is 121 Å². The highest BCUT2D eigenvalue weighted by Crippen LogP contribution is 2.36. The lowest BCUT2D eigenvalue weighted by Crippen LogP contribution is -1.96. The van der Waals surface area contributed by atoms with Crippen LogP contribution in [0.15, 0.2) is 115 Å². The summed E-state index contributed by atoms with van der Waals surface area (Å²) < 4.78 is 0. The molecule has 0 amide bonds. The van der Waals surface area contributed by atoms with Crippen molar-refractivity contribution in [1.29, 1.82) is 0 Å². The Morgan fingerprint density at radius 2 is 1.39 bits per heavy atom. The van der Waals surface area contributed by atoms with Crippen LogP contribution in [0.4, 0.5) is 0 Å². The molecular formula is C33H26. The summed E-state index contributed by atoms with van der Waals surface area (Å²) in [6.45, 7) is 0. The van der Waals surface area contributed by atoms with E-state index in [1.807, 2.05) is 0 Å². The van der Waals surface area contributed by atoms with E-state index < -0.39 is 0 Å². The van der Waals surface area contributed by atoms with Crippen LogP contribution in [0, 0.1) is 0 Å². The van der Waals surface area contributed by atoms with Crippen molar-refractivity contribution >= 4 is 16.8 Å². The second kappa shape index (κ2) is 8.56. The first kappa shape index (κ1) is 19.8. The monoisotopic (exact) mass is 422 g/mol. The maximum atomic E-state index is 2.43. The van der Waals surface area contributed by atoms with E-state index in [0.29, 0.717) is 0 Å². The molecule has 0 saturated heterocycles. The molecule has 5 aromatic carbocycles. The van der Waals surface area contributed by atoms with Crippen LogP contribution in [0.25, 0.3) is 39.1 Å². The molecule has 0 N–H and O–H groups in total. The lowest BCUT2D eigenvalue weighted by molar-refractivity contribution is 0.970. The van der Waals surface area contributed by atoms with Crippen LogP contribution in [-0.4, -0.2) is 0 Å². The molecule has 0 bridgehead atoms. The summed E-state index contributed by atoms with van der Waals surface area (Å²) in [5.74, 6) is 0. The fourth-order valence-corrected chi connectivity index (χ4v) is 5.10. The highest BCUT2D eigenvalue weighted by atomic mass is 14.2. The van der Waals surface area contributed by atoms with E-state index in [1.54, 1.807) is 0 Å². The van der Waals surface area contributed by atoms with Crippen molar-refractivity contribution in [2.45, 2.75) is 19.3 Å². The van der Waals surface area contributed by atoms with Crippen LogP contribution in [0.2, 0.25) is 0 Å². The van der Waals surface area contributed by atoms with Gasteiger partial charge in [-0.3, -0.25) is 0 Å². The van der Waals surface area contributed by atoms with E-state index >= 15 is 0 Å². The van der Waals surface area contributed by atoms with Gasteiger partial charge in [0.2, 0.25) is 0 Å². The van der Waals surface area contributed by atoms with Crippen LogP contribution in [-0.2, 0) is 19.3 Å². The Bertz CT molecular complexity index is 1460. The largest absolute Gasteiger partial charge is 0.0795 e. The molecule has 0 saturated carbocycles. The Hall–Kier alpha value is -3.90. The minimum Gasteiger partial charge on any atom is -0.0795 e. The van der Waals surface area contributed by atoms with E-state index in [9.17, 15) is 0 Å². The molecule has 33 heavy (non-hydrogen) atoms. The van der Waals surface area contributed by atoms with Crippen molar-refractivity contribution in [3.63, 3.8) is 0 Å². The molecule has 5 aromatic rings. The van der Waals surface area contributed by atoms with E-state index in [0.717, 1.165) is 19.3 Å². The van der Waals surface area contributed by atoms with Crippen molar-refractivity contribution in [2.75, 3.05) is 0 Å². The van der Waals surface area contributed by atoms with Gasteiger partial charge in [-0.25, -0.2) is 0 Å². The molecule has 0 nitrogen and oxygen atoms in total. The molecule has 0 heteroatoms. The third kappa shape index (κ3) is 3.90. The van der Waals surface area contributed by atoms with Crippen LogP contribution >= 0.6 is 0 Å². The second-order valence-electron chi connectivity index (χ2n) is 8.91. The molecule has 158 valence electrons. The molecule has 0 aromatic heterocycles. The van der Waals surface area contributed by atoms with E-state index in [1.165, 1.54) is 55.3 Å². The molecule has 0 unspecified atom stereocenters. The normalized spacial score (nSPS) is 12.2. The molecule has 6 rings (SSSR count). The summed E-state index contributed by atoms with van der Waals surface area (Å²) in [7, 11) is 0. The van der Waals surface area contributed by atoms with Gasteiger partial charge in [0.15, 0.2) is 0 Å². The van der Waals surface area contributed by atoms with Gasteiger partial charge in [-0.1, -0.05) is 115 Å². The van der Waals surface area contributed by atoms with Crippen LogP contribution < -0.4 is 0 Å². The van der Waals surface area contributed by atoms with Gasteiger partial charge in [0, 0.05) is 0 Å². The molecule has 0 spiro atoms. The molecule has 1 aliphatic carbocycles. The minimum absolute atomic E-state index is 1.02. The fraction of sp³-hybridized carbons (Fsp3) is 0.0909.